The average Bonchev–Trinajstić information content (AvgIpc) is 3.17. The van der Waals surface area contributed by atoms with E-state index in [9.17, 15) is 9.59 Å². The number of hydrogen-bond donors (Lipinski definition) is 2. The van der Waals surface area contributed by atoms with Gasteiger partial charge in [0.25, 0.3) is 0 Å². The monoisotopic (exact) mass is 353 g/mol. The first-order valence-corrected chi connectivity index (χ1v) is 9.29. The van der Waals surface area contributed by atoms with Crippen molar-refractivity contribution in [2.45, 2.75) is 31.5 Å². The van der Waals surface area contributed by atoms with E-state index < -0.39 is 0 Å². The summed E-state index contributed by atoms with van der Waals surface area (Å²) in [5, 5.41) is 8.77. The van der Waals surface area contributed by atoms with E-state index in [1.807, 2.05) is 23.1 Å². The average molecular weight is 353 g/mol. The first kappa shape index (κ1) is 18.7. The summed E-state index contributed by atoms with van der Waals surface area (Å²) in [6, 6.07) is 14.3. The summed E-state index contributed by atoms with van der Waals surface area (Å²) in [7, 11) is 1.78. The number of Topliss-reactive ketones (excluding diaryl/α,β-unsaturated/α-hetero) is 1. The van der Waals surface area contributed by atoms with Crippen LogP contribution in [-0.4, -0.2) is 55.7 Å². The molecular weight excluding hydrogens is 326 g/mol. The van der Waals surface area contributed by atoms with E-state index in [0.717, 1.165) is 31.2 Å². The van der Waals surface area contributed by atoms with Crippen molar-refractivity contribution in [3.8, 4) is 0 Å². The molecule has 2 aromatic rings. The van der Waals surface area contributed by atoms with Gasteiger partial charge in [-0.15, -0.1) is 0 Å². The predicted molar refractivity (Wildman–Crippen MR) is 104 cm³/mol. The van der Waals surface area contributed by atoms with Gasteiger partial charge in [0.2, 0.25) is 0 Å². The predicted octanol–water partition coefficient (Wildman–Crippen LogP) is 1.75. The lowest BCUT2D eigenvalue weighted by Gasteiger charge is -2.33. The van der Waals surface area contributed by atoms with Crippen LogP contribution in [-0.2, 0) is 16.1 Å². The van der Waals surface area contributed by atoms with Crippen LogP contribution in [0.4, 0.5) is 0 Å². The molecule has 1 saturated heterocycles. The number of nitrogens with one attached hydrogen (secondary N) is 2. The molecule has 0 aliphatic carbocycles. The number of carbonyl (C=O) groups is 2. The number of ketones is 1. The molecule has 0 bridgehead atoms. The molecule has 2 N–H and O–H groups in total. The van der Waals surface area contributed by atoms with E-state index in [2.05, 4.69) is 34.9 Å². The van der Waals surface area contributed by atoms with Gasteiger partial charge in [0.15, 0.2) is 5.78 Å². The number of benzene rings is 2. The molecule has 1 unspecified atom stereocenters. The standard InChI is InChI=1S/C21H27N3O2/c1-22-14-20(26)21(19-10-5-11-23-19)24(12-13-25)15-17-8-4-7-16-6-2-3-9-18(16)17/h2-4,6-9,13,19,21-23H,5,10-12,14-15H2,1H3/t19-,21?/m0/s1. The van der Waals surface area contributed by atoms with Gasteiger partial charge in [0.05, 0.1) is 19.1 Å². The highest BCUT2D eigenvalue weighted by Crippen LogP contribution is 2.23. The molecule has 0 radical (unpaired) electrons. The molecule has 1 aliphatic rings. The Bertz CT molecular complexity index is 751. The van der Waals surface area contributed by atoms with Crippen molar-refractivity contribution in [2.75, 3.05) is 26.7 Å². The van der Waals surface area contributed by atoms with Crippen molar-refractivity contribution in [1.82, 2.24) is 15.5 Å². The summed E-state index contributed by atoms with van der Waals surface area (Å²) in [6.45, 7) is 2.07. The van der Waals surface area contributed by atoms with Crippen LogP contribution in [0.1, 0.15) is 18.4 Å². The molecule has 2 atom stereocenters. The van der Waals surface area contributed by atoms with Crippen molar-refractivity contribution in [2.24, 2.45) is 0 Å². The van der Waals surface area contributed by atoms with Crippen LogP contribution in [0.3, 0.4) is 0 Å². The maximum absolute atomic E-state index is 12.8. The summed E-state index contributed by atoms with van der Waals surface area (Å²) in [4.78, 5) is 26.2. The zero-order valence-corrected chi connectivity index (χ0v) is 15.3. The molecule has 1 heterocycles. The van der Waals surface area contributed by atoms with Gasteiger partial charge in [-0.3, -0.25) is 9.69 Å². The molecular formula is C21H27N3O2. The number of likely N-dealkylation sites (N-methyl/N-ethyl adjacent to an activating group) is 1. The Morgan fingerprint density at radius 3 is 2.85 bits per heavy atom. The quantitative estimate of drug-likeness (QED) is 0.673. The highest BCUT2D eigenvalue weighted by atomic mass is 16.1. The maximum Gasteiger partial charge on any atom is 0.165 e. The second kappa shape index (κ2) is 9.03. The lowest BCUT2D eigenvalue weighted by atomic mass is 9.97. The Balaban J connectivity index is 1.92. The van der Waals surface area contributed by atoms with Crippen LogP contribution in [0.15, 0.2) is 42.5 Å². The molecule has 3 rings (SSSR count). The zero-order valence-electron chi connectivity index (χ0n) is 15.3. The van der Waals surface area contributed by atoms with Gasteiger partial charge in [-0.2, -0.15) is 0 Å². The summed E-state index contributed by atoms with van der Waals surface area (Å²) >= 11 is 0. The number of carbonyl (C=O) groups excluding carboxylic acids is 2. The van der Waals surface area contributed by atoms with Gasteiger partial charge in [0.1, 0.15) is 6.29 Å². The van der Waals surface area contributed by atoms with Crippen molar-refractivity contribution in [3.63, 3.8) is 0 Å². The summed E-state index contributed by atoms with van der Waals surface area (Å²) in [6.07, 6.45) is 2.93. The second-order valence-electron chi connectivity index (χ2n) is 6.88. The van der Waals surface area contributed by atoms with Crippen LogP contribution >= 0.6 is 0 Å². The van der Waals surface area contributed by atoms with Crippen molar-refractivity contribution < 1.29 is 9.59 Å². The Hall–Kier alpha value is -2.08. The van der Waals surface area contributed by atoms with Crippen LogP contribution in [0, 0.1) is 0 Å². The third-order valence-electron chi connectivity index (χ3n) is 5.12. The van der Waals surface area contributed by atoms with Crippen molar-refractivity contribution in [3.05, 3.63) is 48.0 Å². The topological polar surface area (TPSA) is 61.4 Å². The Morgan fingerprint density at radius 2 is 2.12 bits per heavy atom. The van der Waals surface area contributed by atoms with Gasteiger partial charge >= 0.3 is 0 Å². The minimum atomic E-state index is -0.297. The first-order chi connectivity index (χ1) is 12.7. The first-order valence-electron chi connectivity index (χ1n) is 9.29. The maximum atomic E-state index is 12.8. The van der Waals surface area contributed by atoms with E-state index in [-0.39, 0.29) is 24.4 Å². The number of fused-ring (bicyclic) bond motifs is 1. The molecule has 26 heavy (non-hydrogen) atoms. The Labute approximate surface area is 154 Å². The van der Waals surface area contributed by atoms with Gasteiger partial charge in [-0.25, -0.2) is 0 Å². The van der Waals surface area contributed by atoms with Gasteiger partial charge < -0.3 is 15.4 Å². The van der Waals surface area contributed by atoms with E-state index >= 15 is 0 Å². The molecule has 0 spiro atoms. The third-order valence-corrected chi connectivity index (χ3v) is 5.12. The molecule has 138 valence electrons. The van der Waals surface area contributed by atoms with Crippen molar-refractivity contribution >= 4 is 22.8 Å². The lowest BCUT2D eigenvalue weighted by Crippen LogP contribution is -2.54. The molecule has 5 nitrogen and oxygen atoms in total. The molecule has 0 saturated carbocycles. The third kappa shape index (κ3) is 4.18. The molecule has 5 heteroatoms. The fraction of sp³-hybridized carbons (Fsp3) is 0.429. The lowest BCUT2D eigenvalue weighted by molar-refractivity contribution is -0.125. The highest BCUT2D eigenvalue weighted by Gasteiger charge is 2.34. The second-order valence-corrected chi connectivity index (χ2v) is 6.88. The van der Waals surface area contributed by atoms with Crippen LogP contribution in [0.5, 0.6) is 0 Å². The summed E-state index contributed by atoms with van der Waals surface area (Å²) < 4.78 is 0. The molecule has 0 aromatic heterocycles. The number of hydrogen-bond acceptors (Lipinski definition) is 5. The van der Waals surface area contributed by atoms with Crippen molar-refractivity contribution in [1.29, 1.82) is 0 Å². The Kier molecular flexibility index (Phi) is 6.50. The molecule has 1 aliphatic heterocycles. The SMILES string of the molecule is CNCC(=O)C([C@@H]1CCCN1)N(CC=O)Cc1cccc2ccccc12. The fourth-order valence-electron chi connectivity index (χ4n) is 3.96. The normalized spacial score (nSPS) is 18.3. The van der Waals surface area contributed by atoms with Crippen LogP contribution < -0.4 is 10.6 Å². The number of nitrogens with zero attached hydrogens (tertiary/aromatic N) is 1. The number of rotatable bonds is 9. The summed E-state index contributed by atoms with van der Waals surface area (Å²) in [5.74, 6) is 0.133. The minimum Gasteiger partial charge on any atom is -0.313 e. The van der Waals surface area contributed by atoms with E-state index in [1.165, 1.54) is 10.8 Å². The van der Waals surface area contributed by atoms with Crippen LogP contribution in [0.25, 0.3) is 10.8 Å². The van der Waals surface area contributed by atoms with E-state index in [4.69, 9.17) is 0 Å². The summed E-state index contributed by atoms with van der Waals surface area (Å²) in [5.41, 5.74) is 1.14. The van der Waals surface area contributed by atoms with E-state index in [0.29, 0.717) is 13.1 Å². The largest absolute Gasteiger partial charge is 0.313 e. The number of aldehydes is 1. The van der Waals surface area contributed by atoms with E-state index in [1.54, 1.807) is 7.05 Å². The molecule has 1 fully saturated rings. The van der Waals surface area contributed by atoms with Crippen LogP contribution in [0.2, 0.25) is 0 Å². The van der Waals surface area contributed by atoms with Gasteiger partial charge in [-0.1, -0.05) is 42.5 Å². The van der Waals surface area contributed by atoms with Gasteiger partial charge in [0, 0.05) is 12.6 Å². The Morgan fingerprint density at radius 1 is 1.31 bits per heavy atom. The fourth-order valence-corrected chi connectivity index (χ4v) is 3.96. The molecule has 2 aromatic carbocycles. The van der Waals surface area contributed by atoms with Gasteiger partial charge in [-0.05, 0) is 42.8 Å². The minimum absolute atomic E-state index is 0.103. The smallest absolute Gasteiger partial charge is 0.165 e. The molecule has 0 amide bonds. The zero-order chi connectivity index (χ0) is 18.4. The highest BCUT2D eigenvalue weighted by molar-refractivity contribution is 5.88.